The topological polar surface area (TPSA) is 87.7 Å². The molecule has 3 amide bonds. The Bertz CT molecular complexity index is 1100. The highest BCUT2D eigenvalue weighted by molar-refractivity contribution is 6.05. The molecular formula is C25H26F3N3O4. The van der Waals surface area contributed by atoms with Crippen LogP contribution in [0.3, 0.4) is 0 Å². The second-order valence-electron chi connectivity index (χ2n) is 8.75. The third kappa shape index (κ3) is 6.19. The molecule has 10 heteroatoms. The monoisotopic (exact) mass is 489 g/mol. The van der Waals surface area contributed by atoms with Crippen molar-refractivity contribution in [3.05, 3.63) is 65.2 Å². The van der Waals surface area contributed by atoms with Crippen LogP contribution in [0, 0.1) is 5.92 Å². The quantitative estimate of drug-likeness (QED) is 0.622. The standard InChI is InChI=1S/C25H26F3N3O4/c26-25(27,28)18-6-3-5-16(11-18)14-31-15-17(12-22(31)32)23(33)30-21-9-2-1-8-20(21)24(34)29-13-19-7-4-10-35-19/h1-3,5-6,8-9,11,17,19H,4,7,10,12-15H2,(H,29,34)(H,30,33). The number of para-hydroxylation sites is 1. The molecule has 0 radical (unpaired) electrons. The van der Waals surface area contributed by atoms with Gasteiger partial charge in [-0.2, -0.15) is 13.2 Å². The van der Waals surface area contributed by atoms with Crippen LogP contribution in [0.15, 0.2) is 48.5 Å². The number of alkyl halides is 3. The van der Waals surface area contributed by atoms with Gasteiger partial charge in [0, 0.05) is 32.7 Å². The highest BCUT2D eigenvalue weighted by Gasteiger charge is 2.35. The molecule has 2 N–H and O–H groups in total. The Balaban J connectivity index is 1.37. The van der Waals surface area contributed by atoms with Gasteiger partial charge in [0.1, 0.15) is 0 Å². The van der Waals surface area contributed by atoms with Crippen molar-refractivity contribution in [1.82, 2.24) is 10.2 Å². The molecule has 0 aromatic heterocycles. The van der Waals surface area contributed by atoms with Crippen molar-refractivity contribution in [1.29, 1.82) is 0 Å². The van der Waals surface area contributed by atoms with Gasteiger partial charge in [-0.3, -0.25) is 14.4 Å². The molecule has 35 heavy (non-hydrogen) atoms. The maximum atomic E-state index is 13.0. The highest BCUT2D eigenvalue weighted by Crippen LogP contribution is 2.30. The molecule has 2 aliphatic rings. The highest BCUT2D eigenvalue weighted by atomic mass is 19.4. The normalized spacial score (nSPS) is 20.2. The summed E-state index contributed by atoms with van der Waals surface area (Å²) in [6.45, 7) is 1.11. The Kier molecular flexibility index (Phi) is 7.39. The SMILES string of the molecule is O=C(NCC1CCCO1)c1ccccc1NC(=O)C1CC(=O)N(Cc2cccc(C(F)(F)F)c2)C1. The molecular weight excluding hydrogens is 463 g/mol. The first-order valence-electron chi connectivity index (χ1n) is 11.4. The van der Waals surface area contributed by atoms with Crippen LogP contribution in [0.4, 0.5) is 18.9 Å². The molecule has 0 bridgehead atoms. The lowest BCUT2D eigenvalue weighted by molar-refractivity contribution is -0.137. The van der Waals surface area contributed by atoms with Crippen LogP contribution in [0.5, 0.6) is 0 Å². The van der Waals surface area contributed by atoms with E-state index < -0.39 is 23.6 Å². The first-order valence-corrected chi connectivity index (χ1v) is 11.4. The fourth-order valence-corrected chi connectivity index (χ4v) is 4.30. The lowest BCUT2D eigenvalue weighted by atomic mass is 10.1. The molecule has 2 aromatic carbocycles. The largest absolute Gasteiger partial charge is 0.416 e. The third-order valence-corrected chi connectivity index (χ3v) is 6.16. The van der Waals surface area contributed by atoms with E-state index >= 15 is 0 Å². The Morgan fingerprint density at radius 3 is 2.66 bits per heavy atom. The summed E-state index contributed by atoms with van der Waals surface area (Å²) in [5.41, 5.74) is 0.169. The maximum Gasteiger partial charge on any atom is 0.416 e. The second-order valence-corrected chi connectivity index (χ2v) is 8.75. The number of anilines is 1. The number of rotatable bonds is 7. The van der Waals surface area contributed by atoms with Crippen molar-refractivity contribution in [2.24, 2.45) is 5.92 Å². The number of ether oxygens (including phenoxy) is 1. The number of hydrogen-bond acceptors (Lipinski definition) is 4. The number of hydrogen-bond donors (Lipinski definition) is 2. The first kappa shape index (κ1) is 24.7. The van der Waals surface area contributed by atoms with E-state index in [1.807, 2.05) is 0 Å². The summed E-state index contributed by atoms with van der Waals surface area (Å²) in [5.74, 6) is -1.77. The Morgan fingerprint density at radius 2 is 1.91 bits per heavy atom. The maximum absolute atomic E-state index is 13.0. The Labute approximate surface area is 200 Å². The minimum Gasteiger partial charge on any atom is -0.376 e. The second kappa shape index (κ2) is 10.5. The lowest BCUT2D eigenvalue weighted by Crippen LogP contribution is -2.33. The van der Waals surface area contributed by atoms with Gasteiger partial charge in [0.2, 0.25) is 11.8 Å². The molecule has 2 unspecified atom stereocenters. The zero-order valence-corrected chi connectivity index (χ0v) is 18.9. The van der Waals surface area contributed by atoms with Gasteiger partial charge in [-0.15, -0.1) is 0 Å². The van der Waals surface area contributed by atoms with Crippen molar-refractivity contribution in [2.75, 3.05) is 25.0 Å². The van der Waals surface area contributed by atoms with E-state index in [9.17, 15) is 27.6 Å². The number of nitrogens with zero attached hydrogens (tertiary/aromatic N) is 1. The summed E-state index contributed by atoms with van der Waals surface area (Å²) in [7, 11) is 0. The van der Waals surface area contributed by atoms with Crippen molar-refractivity contribution in [2.45, 2.75) is 38.1 Å². The molecule has 2 aromatic rings. The Hall–Kier alpha value is -3.40. The fourth-order valence-electron chi connectivity index (χ4n) is 4.30. The number of amides is 3. The van der Waals surface area contributed by atoms with Crippen LogP contribution in [-0.2, 0) is 27.0 Å². The molecule has 2 fully saturated rings. The molecule has 2 aliphatic heterocycles. The van der Waals surface area contributed by atoms with Crippen LogP contribution in [0.1, 0.15) is 40.7 Å². The zero-order chi connectivity index (χ0) is 25.0. The van der Waals surface area contributed by atoms with Gasteiger partial charge in [-0.25, -0.2) is 0 Å². The van der Waals surface area contributed by atoms with Gasteiger partial charge >= 0.3 is 6.18 Å². The van der Waals surface area contributed by atoms with Crippen LogP contribution in [-0.4, -0.2) is 48.4 Å². The molecule has 2 atom stereocenters. The summed E-state index contributed by atoms with van der Waals surface area (Å²) in [6, 6.07) is 11.4. The van der Waals surface area contributed by atoms with E-state index in [1.165, 1.54) is 17.0 Å². The first-order chi connectivity index (χ1) is 16.7. The molecule has 4 rings (SSSR count). The number of likely N-dealkylation sites (tertiary alicyclic amines) is 1. The summed E-state index contributed by atoms with van der Waals surface area (Å²) < 4.78 is 44.5. The molecule has 0 spiro atoms. The number of benzene rings is 2. The minimum atomic E-state index is -4.47. The molecule has 2 saturated heterocycles. The average molecular weight is 489 g/mol. The van der Waals surface area contributed by atoms with E-state index in [4.69, 9.17) is 4.74 Å². The van der Waals surface area contributed by atoms with Crippen molar-refractivity contribution >= 4 is 23.4 Å². The van der Waals surface area contributed by atoms with E-state index in [1.54, 1.807) is 24.3 Å². The summed E-state index contributed by atoms with van der Waals surface area (Å²) in [5, 5.41) is 5.56. The number of carbonyl (C=O) groups excluding carboxylic acids is 3. The number of nitrogens with one attached hydrogen (secondary N) is 2. The van der Waals surface area contributed by atoms with Crippen LogP contribution in [0.25, 0.3) is 0 Å². The van der Waals surface area contributed by atoms with E-state index in [0.29, 0.717) is 30.0 Å². The van der Waals surface area contributed by atoms with Crippen molar-refractivity contribution < 1.29 is 32.3 Å². The predicted octanol–water partition coefficient (Wildman–Crippen LogP) is 3.60. The van der Waals surface area contributed by atoms with Gasteiger partial charge in [0.25, 0.3) is 5.91 Å². The van der Waals surface area contributed by atoms with Crippen molar-refractivity contribution in [3.8, 4) is 0 Å². The van der Waals surface area contributed by atoms with Gasteiger partial charge in [0.05, 0.1) is 28.8 Å². The smallest absolute Gasteiger partial charge is 0.376 e. The Morgan fingerprint density at radius 1 is 1.11 bits per heavy atom. The minimum absolute atomic E-state index is 0.0191. The fraction of sp³-hybridized carbons (Fsp3) is 0.400. The van der Waals surface area contributed by atoms with Gasteiger partial charge in [0.15, 0.2) is 0 Å². The molecule has 7 nitrogen and oxygen atoms in total. The van der Waals surface area contributed by atoms with Gasteiger partial charge < -0.3 is 20.3 Å². The average Bonchev–Trinajstić information content (AvgIpc) is 3.47. The van der Waals surface area contributed by atoms with E-state index in [0.717, 1.165) is 25.0 Å². The van der Waals surface area contributed by atoms with Crippen LogP contribution in [0.2, 0.25) is 0 Å². The van der Waals surface area contributed by atoms with Gasteiger partial charge in [-0.05, 0) is 42.7 Å². The van der Waals surface area contributed by atoms with E-state index in [2.05, 4.69) is 10.6 Å². The molecule has 0 saturated carbocycles. The third-order valence-electron chi connectivity index (χ3n) is 6.16. The van der Waals surface area contributed by atoms with Crippen molar-refractivity contribution in [3.63, 3.8) is 0 Å². The van der Waals surface area contributed by atoms with Crippen LogP contribution < -0.4 is 10.6 Å². The summed E-state index contributed by atoms with van der Waals surface area (Å²) in [6.07, 6.45) is -2.72. The number of halogens is 3. The van der Waals surface area contributed by atoms with Crippen LogP contribution >= 0.6 is 0 Å². The lowest BCUT2D eigenvalue weighted by Gasteiger charge is -2.18. The molecule has 2 heterocycles. The zero-order valence-electron chi connectivity index (χ0n) is 18.9. The number of carbonyl (C=O) groups is 3. The van der Waals surface area contributed by atoms with Gasteiger partial charge in [-0.1, -0.05) is 24.3 Å². The summed E-state index contributed by atoms with van der Waals surface area (Å²) in [4.78, 5) is 39.4. The van der Waals surface area contributed by atoms with E-state index in [-0.39, 0.29) is 37.4 Å². The predicted molar refractivity (Wildman–Crippen MR) is 121 cm³/mol. The summed E-state index contributed by atoms with van der Waals surface area (Å²) >= 11 is 0. The molecule has 186 valence electrons. The molecule has 0 aliphatic carbocycles.